The fourth-order valence-corrected chi connectivity index (χ4v) is 3.20. The number of pyridine rings is 2. The molecule has 1 amide bonds. The minimum atomic E-state index is -5.08. The maximum Gasteiger partial charge on any atom is 0.490 e. The molecule has 0 saturated heterocycles. The highest BCUT2D eigenvalue weighted by atomic mass is 35.5. The second-order valence-electron chi connectivity index (χ2n) is 8.06. The third-order valence-corrected chi connectivity index (χ3v) is 5.19. The van der Waals surface area contributed by atoms with E-state index in [1.54, 1.807) is 53.1 Å². The number of carboxylic acid groups (broad SMARTS) is 2. The first-order valence-electron chi connectivity index (χ1n) is 11.3. The predicted molar refractivity (Wildman–Crippen MR) is 134 cm³/mol. The fourth-order valence-electron chi connectivity index (χ4n) is 3.08. The molecule has 0 aliphatic rings. The summed E-state index contributed by atoms with van der Waals surface area (Å²) in [6, 6.07) is 13.7. The van der Waals surface area contributed by atoms with E-state index in [1.807, 2.05) is 5.32 Å². The van der Waals surface area contributed by atoms with E-state index in [0.29, 0.717) is 21.9 Å². The van der Waals surface area contributed by atoms with Crippen LogP contribution in [0.3, 0.4) is 0 Å². The lowest BCUT2D eigenvalue weighted by atomic mass is 10.1. The third kappa shape index (κ3) is 9.85. The van der Waals surface area contributed by atoms with Gasteiger partial charge in [0.15, 0.2) is 11.7 Å². The van der Waals surface area contributed by atoms with E-state index in [4.69, 9.17) is 31.4 Å². The summed E-state index contributed by atoms with van der Waals surface area (Å²) in [5, 5.41) is 16.8. The number of hydrogen-bond donors (Lipinski definition) is 3. The van der Waals surface area contributed by atoms with Gasteiger partial charge in [-0.2, -0.15) is 39.5 Å². The first kappa shape index (κ1) is 35.3. The number of alkyl halides is 9. The van der Waals surface area contributed by atoms with Gasteiger partial charge in [0, 0.05) is 23.0 Å². The largest absolute Gasteiger partial charge is 0.490 e. The number of carbonyl (C=O) groups excluding carboxylic acids is 1. The Morgan fingerprint density at radius 1 is 0.795 bits per heavy atom. The van der Waals surface area contributed by atoms with Crippen LogP contribution in [0, 0.1) is 0 Å². The van der Waals surface area contributed by atoms with E-state index in [9.17, 15) is 44.3 Å². The van der Waals surface area contributed by atoms with Crippen molar-refractivity contribution < 1.29 is 64.1 Å². The maximum atomic E-state index is 13.6. The Morgan fingerprint density at radius 2 is 1.32 bits per heavy atom. The zero-order valence-electron chi connectivity index (χ0n) is 21.2. The van der Waals surface area contributed by atoms with E-state index in [-0.39, 0.29) is 11.4 Å². The van der Waals surface area contributed by atoms with Crippen LogP contribution in [0.4, 0.5) is 39.5 Å². The summed E-state index contributed by atoms with van der Waals surface area (Å²) in [6.07, 6.45) is -12.0. The number of aliphatic carboxylic acids is 2. The van der Waals surface area contributed by atoms with Crippen LogP contribution in [-0.4, -0.2) is 61.0 Å². The summed E-state index contributed by atoms with van der Waals surface area (Å²) >= 11 is 5.93. The highest BCUT2D eigenvalue weighted by molar-refractivity contribution is 6.30. The third-order valence-electron chi connectivity index (χ3n) is 4.94. The second-order valence-corrected chi connectivity index (χ2v) is 8.49. The summed E-state index contributed by atoms with van der Waals surface area (Å²) in [6.45, 7) is 0. The summed E-state index contributed by atoms with van der Waals surface area (Å²) in [5.74, 6) is -6.05. The van der Waals surface area contributed by atoms with Crippen LogP contribution in [0.15, 0.2) is 73.1 Å². The molecule has 1 unspecified atom stereocenters. The van der Waals surface area contributed by atoms with Gasteiger partial charge in [0.1, 0.15) is 5.82 Å². The molecule has 0 bridgehead atoms. The molecule has 1 atom stereocenters. The smallest absolute Gasteiger partial charge is 0.475 e. The Kier molecular flexibility index (Phi) is 11.3. The normalized spacial score (nSPS) is 12.2. The molecule has 0 spiro atoms. The SMILES string of the molecule is O=C(NC(c1ccccn1)C(F)(F)F)c1nc(-c2ccc(Cl)cc2)n2ccccc12.O=C(O)C(F)(F)F.O=C(O)C(F)(F)F. The van der Waals surface area contributed by atoms with Crippen molar-refractivity contribution in [3.63, 3.8) is 0 Å². The molecule has 0 fully saturated rings. The average Bonchev–Trinajstić information content (AvgIpc) is 3.31. The van der Waals surface area contributed by atoms with Gasteiger partial charge in [-0.3, -0.25) is 14.2 Å². The number of aromatic nitrogens is 3. The summed E-state index contributed by atoms with van der Waals surface area (Å²) in [5.41, 5.74) is 0.615. The highest BCUT2D eigenvalue weighted by Crippen LogP contribution is 2.32. The molecule has 0 saturated carbocycles. The molecule has 19 heteroatoms. The standard InChI is InChI=1S/C21H14ClF3N4O.2C2HF3O2/c22-14-9-7-13(8-10-14)19-27-17(16-6-2-4-12-29(16)19)20(30)28-18(21(23,24)25)15-5-1-3-11-26-15;2*3-2(4,5)1(6)7/h1-12,18H,(H,28,30);2*(H,6,7). The van der Waals surface area contributed by atoms with Gasteiger partial charge < -0.3 is 15.5 Å². The van der Waals surface area contributed by atoms with Crippen molar-refractivity contribution >= 4 is 35.0 Å². The van der Waals surface area contributed by atoms with Crippen LogP contribution >= 0.6 is 11.6 Å². The summed E-state index contributed by atoms with van der Waals surface area (Å²) < 4.78 is 106. The van der Waals surface area contributed by atoms with Crippen LogP contribution < -0.4 is 5.32 Å². The summed E-state index contributed by atoms with van der Waals surface area (Å²) in [4.78, 5) is 38.7. The van der Waals surface area contributed by atoms with Gasteiger partial charge in [-0.15, -0.1) is 0 Å². The van der Waals surface area contributed by atoms with Gasteiger partial charge >= 0.3 is 30.5 Å². The average molecular weight is 659 g/mol. The number of imidazole rings is 1. The minimum Gasteiger partial charge on any atom is -0.475 e. The van der Waals surface area contributed by atoms with Gasteiger partial charge in [0.05, 0.1) is 11.2 Å². The topological polar surface area (TPSA) is 134 Å². The Hall–Kier alpha value is -4.87. The number of carbonyl (C=O) groups is 3. The van der Waals surface area contributed by atoms with Gasteiger partial charge in [-0.05, 0) is 48.5 Å². The van der Waals surface area contributed by atoms with Crippen molar-refractivity contribution in [2.75, 3.05) is 0 Å². The van der Waals surface area contributed by atoms with E-state index < -0.39 is 42.4 Å². The summed E-state index contributed by atoms with van der Waals surface area (Å²) in [7, 11) is 0. The van der Waals surface area contributed by atoms with Crippen molar-refractivity contribution in [3.05, 3.63) is 89.5 Å². The van der Waals surface area contributed by atoms with E-state index in [0.717, 1.165) is 0 Å². The monoisotopic (exact) mass is 658 g/mol. The van der Waals surface area contributed by atoms with Crippen LogP contribution in [0.25, 0.3) is 16.9 Å². The number of amides is 1. The number of benzene rings is 1. The lowest BCUT2D eigenvalue weighted by molar-refractivity contribution is -0.193. The van der Waals surface area contributed by atoms with Gasteiger partial charge in [0.2, 0.25) is 0 Å². The van der Waals surface area contributed by atoms with Crippen molar-refractivity contribution in [2.24, 2.45) is 0 Å². The number of rotatable bonds is 4. The van der Waals surface area contributed by atoms with Crippen molar-refractivity contribution in [1.29, 1.82) is 0 Å². The quantitative estimate of drug-likeness (QED) is 0.218. The van der Waals surface area contributed by atoms with E-state index in [2.05, 4.69) is 9.97 Å². The van der Waals surface area contributed by atoms with E-state index in [1.165, 1.54) is 24.4 Å². The fraction of sp³-hybridized carbons (Fsp3) is 0.160. The van der Waals surface area contributed by atoms with Crippen LogP contribution in [0.5, 0.6) is 0 Å². The molecular formula is C25H16ClF9N4O5. The van der Waals surface area contributed by atoms with Crippen LogP contribution in [-0.2, 0) is 9.59 Å². The van der Waals surface area contributed by atoms with Gasteiger partial charge in [0.25, 0.3) is 5.91 Å². The van der Waals surface area contributed by atoms with Gasteiger partial charge in [-0.1, -0.05) is 23.7 Å². The number of nitrogens with one attached hydrogen (secondary N) is 1. The molecule has 3 N–H and O–H groups in total. The molecule has 4 rings (SSSR count). The van der Waals surface area contributed by atoms with E-state index >= 15 is 0 Å². The number of nitrogens with zero attached hydrogens (tertiary/aromatic N) is 3. The number of carboxylic acids is 2. The lowest BCUT2D eigenvalue weighted by Crippen LogP contribution is -2.38. The molecule has 236 valence electrons. The molecule has 0 radical (unpaired) electrons. The highest BCUT2D eigenvalue weighted by Gasteiger charge is 2.43. The zero-order valence-corrected chi connectivity index (χ0v) is 22.0. The Bertz CT molecular complexity index is 1570. The van der Waals surface area contributed by atoms with Crippen molar-refractivity contribution in [3.8, 4) is 11.4 Å². The molecule has 3 aromatic heterocycles. The first-order chi connectivity index (χ1) is 20.2. The Labute approximate surface area is 244 Å². The van der Waals surface area contributed by atoms with Crippen LogP contribution in [0.1, 0.15) is 22.2 Å². The molecule has 0 aliphatic heterocycles. The molecule has 9 nitrogen and oxygen atoms in total. The van der Waals surface area contributed by atoms with Crippen molar-refractivity contribution in [2.45, 2.75) is 24.6 Å². The molecular weight excluding hydrogens is 643 g/mol. The van der Waals surface area contributed by atoms with Crippen molar-refractivity contribution in [1.82, 2.24) is 19.7 Å². The lowest BCUT2D eigenvalue weighted by Gasteiger charge is -2.20. The predicted octanol–water partition coefficient (Wildman–Crippen LogP) is 6.35. The molecule has 44 heavy (non-hydrogen) atoms. The number of fused-ring (bicyclic) bond motifs is 1. The Balaban J connectivity index is 0.000000402. The molecule has 3 heterocycles. The Morgan fingerprint density at radius 3 is 1.77 bits per heavy atom. The number of hydrogen-bond acceptors (Lipinski definition) is 5. The zero-order chi connectivity index (χ0) is 33.5. The molecule has 1 aromatic carbocycles. The first-order valence-corrected chi connectivity index (χ1v) is 11.7. The van der Waals surface area contributed by atoms with Gasteiger partial charge in [-0.25, -0.2) is 14.6 Å². The number of halogens is 10. The maximum absolute atomic E-state index is 13.6. The molecule has 4 aromatic rings. The van der Waals surface area contributed by atoms with Crippen LogP contribution in [0.2, 0.25) is 5.02 Å². The molecule has 0 aliphatic carbocycles. The second kappa shape index (κ2) is 14.1. The minimum absolute atomic E-state index is 0.120.